The Morgan fingerprint density at radius 3 is 2.24 bits per heavy atom. The molecule has 0 aliphatic rings. The fourth-order valence-corrected chi connectivity index (χ4v) is 2.23. The fraction of sp³-hybridized carbons (Fsp3) is 0.200. The van der Waals surface area contributed by atoms with Gasteiger partial charge < -0.3 is 5.11 Å². The molecular formula is C15H15ClO. The summed E-state index contributed by atoms with van der Waals surface area (Å²) in [7, 11) is 0. The van der Waals surface area contributed by atoms with E-state index in [1.165, 1.54) is 0 Å². The van der Waals surface area contributed by atoms with E-state index in [9.17, 15) is 5.11 Å². The monoisotopic (exact) mass is 246 g/mol. The van der Waals surface area contributed by atoms with Gasteiger partial charge in [-0.3, -0.25) is 0 Å². The Kier molecular flexibility index (Phi) is 3.51. The maximum atomic E-state index is 10.4. The van der Waals surface area contributed by atoms with Crippen molar-refractivity contribution in [1.29, 1.82) is 0 Å². The van der Waals surface area contributed by atoms with Crippen LogP contribution in [0.3, 0.4) is 0 Å². The number of aryl methyl sites for hydroxylation is 2. The van der Waals surface area contributed by atoms with Crippen molar-refractivity contribution in [2.24, 2.45) is 0 Å². The molecule has 88 valence electrons. The molecule has 0 saturated heterocycles. The third-order valence-electron chi connectivity index (χ3n) is 3.01. The first kappa shape index (κ1) is 12.2. The van der Waals surface area contributed by atoms with Gasteiger partial charge >= 0.3 is 0 Å². The van der Waals surface area contributed by atoms with Gasteiger partial charge in [0.25, 0.3) is 0 Å². The van der Waals surface area contributed by atoms with Crippen LogP contribution in [0.25, 0.3) is 0 Å². The third kappa shape index (κ3) is 2.51. The van der Waals surface area contributed by atoms with Crippen molar-refractivity contribution in [1.82, 2.24) is 0 Å². The Morgan fingerprint density at radius 2 is 1.59 bits per heavy atom. The molecule has 0 amide bonds. The molecule has 0 saturated carbocycles. The largest absolute Gasteiger partial charge is 0.384 e. The molecule has 0 aliphatic carbocycles. The second-order valence-corrected chi connectivity index (χ2v) is 4.70. The van der Waals surface area contributed by atoms with Gasteiger partial charge in [0.05, 0.1) is 0 Å². The van der Waals surface area contributed by atoms with Gasteiger partial charge in [-0.1, -0.05) is 41.9 Å². The zero-order valence-corrected chi connectivity index (χ0v) is 10.7. The van der Waals surface area contributed by atoms with Gasteiger partial charge in [0.15, 0.2) is 0 Å². The van der Waals surface area contributed by atoms with Gasteiger partial charge in [0, 0.05) is 5.02 Å². The highest BCUT2D eigenvalue weighted by Gasteiger charge is 2.14. The molecule has 1 unspecified atom stereocenters. The van der Waals surface area contributed by atoms with Crippen LogP contribution in [0.2, 0.25) is 5.02 Å². The van der Waals surface area contributed by atoms with Crippen LogP contribution in [0, 0.1) is 13.8 Å². The molecule has 0 radical (unpaired) electrons. The lowest BCUT2D eigenvalue weighted by atomic mass is 9.95. The van der Waals surface area contributed by atoms with Crippen molar-refractivity contribution in [2.45, 2.75) is 20.0 Å². The number of aliphatic hydroxyl groups is 1. The number of aliphatic hydroxyl groups excluding tert-OH is 1. The van der Waals surface area contributed by atoms with Crippen molar-refractivity contribution in [2.75, 3.05) is 0 Å². The molecule has 0 heterocycles. The van der Waals surface area contributed by atoms with E-state index in [2.05, 4.69) is 0 Å². The molecule has 0 fully saturated rings. The summed E-state index contributed by atoms with van der Waals surface area (Å²) in [6.45, 7) is 3.96. The number of rotatable bonds is 2. The van der Waals surface area contributed by atoms with E-state index in [0.29, 0.717) is 5.02 Å². The average molecular weight is 247 g/mol. The maximum Gasteiger partial charge on any atom is 0.105 e. The Balaban J connectivity index is 2.44. The Bertz CT molecular complexity index is 534. The van der Waals surface area contributed by atoms with Gasteiger partial charge in [0.1, 0.15) is 6.10 Å². The minimum absolute atomic E-state index is 0.589. The van der Waals surface area contributed by atoms with E-state index < -0.39 is 6.10 Å². The standard InChI is InChI=1S/C15H15ClO/c1-10-5-3-4-6-13(10)15(17)14-8-7-12(16)9-11(14)2/h3-9,15,17H,1-2H3. The fourth-order valence-electron chi connectivity index (χ4n) is 2.01. The predicted molar refractivity (Wildman–Crippen MR) is 71.4 cm³/mol. The van der Waals surface area contributed by atoms with Gasteiger partial charge in [-0.05, 0) is 48.2 Å². The number of hydrogen-bond acceptors (Lipinski definition) is 1. The van der Waals surface area contributed by atoms with E-state index in [4.69, 9.17) is 11.6 Å². The molecule has 2 aromatic carbocycles. The molecule has 0 aliphatic heterocycles. The molecular weight excluding hydrogens is 232 g/mol. The zero-order chi connectivity index (χ0) is 12.4. The van der Waals surface area contributed by atoms with E-state index in [0.717, 1.165) is 22.3 Å². The molecule has 1 atom stereocenters. The normalized spacial score (nSPS) is 12.5. The topological polar surface area (TPSA) is 20.2 Å². The third-order valence-corrected chi connectivity index (χ3v) is 3.24. The van der Waals surface area contributed by atoms with Crippen LogP contribution in [0.15, 0.2) is 42.5 Å². The molecule has 17 heavy (non-hydrogen) atoms. The SMILES string of the molecule is Cc1ccccc1C(O)c1ccc(Cl)cc1C. The molecule has 2 rings (SSSR count). The van der Waals surface area contributed by atoms with Crippen LogP contribution in [0.5, 0.6) is 0 Å². The van der Waals surface area contributed by atoms with E-state index in [1.54, 1.807) is 0 Å². The van der Waals surface area contributed by atoms with Crippen molar-refractivity contribution in [3.8, 4) is 0 Å². The number of benzene rings is 2. The smallest absolute Gasteiger partial charge is 0.105 e. The molecule has 0 aromatic heterocycles. The molecule has 0 spiro atoms. The van der Waals surface area contributed by atoms with Crippen molar-refractivity contribution >= 4 is 11.6 Å². The summed E-state index contributed by atoms with van der Waals surface area (Å²) in [5, 5.41) is 11.1. The molecule has 2 heteroatoms. The first-order chi connectivity index (χ1) is 8.09. The Labute approximate surface area is 107 Å². The number of halogens is 1. The molecule has 0 bridgehead atoms. The van der Waals surface area contributed by atoms with E-state index in [1.807, 2.05) is 56.3 Å². The lowest BCUT2D eigenvalue weighted by Gasteiger charge is -2.16. The number of hydrogen-bond donors (Lipinski definition) is 1. The van der Waals surface area contributed by atoms with Gasteiger partial charge in [-0.15, -0.1) is 0 Å². The summed E-state index contributed by atoms with van der Waals surface area (Å²) in [5.41, 5.74) is 3.95. The summed E-state index contributed by atoms with van der Waals surface area (Å²) >= 11 is 5.92. The second kappa shape index (κ2) is 4.91. The predicted octanol–water partition coefficient (Wildman–Crippen LogP) is 4.04. The summed E-state index contributed by atoms with van der Waals surface area (Å²) in [6, 6.07) is 13.4. The van der Waals surface area contributed by atoms with Crippen molar-refractivity contribution in [3.63, 3.8) is 0 Å². The maximum absolute atomic E-state index is 10.4. The molecule has 1 N–H and O–H groups in total. The summed E-state index contributed by atoms with van der Waals surface area (Å²) in [4.78, 5) is 0. The quantitative estimate of drug-likeness (QED) is 0.848. The van der Waals surface area contributed by atoms with Crippen LogP contribution in [0.4, 0.5) is 0 Å². The average Bonchev–Trinajstić information content (AvgIpc) is 2.29. The lowest BCUT2D eigenvalue weighted by molar-refractivity contribution is 0.219. The summed E-state index contributed by atoms with van der Waals surface area (Å²) < 4.78 is 0. The second-order valence-electron chi connectivity index (χ2n) is 4.26. The Hall–Kier alpha value is -1.31. The highest BCUT2D eigenvalue weighted by molar-refractivity contribution is 6.30. The van der Waals surface area contributed by atoms with E-state index >= 15 is 0 Å². The highest BCUT2D eigenvalue weighted by atomic mass is 35.5. The van der Waals surface area contributed by atoms with Crippen molar-refractivity contribution in [3.05, 3.63) is 69.7 Å². The molecule has 2 aromatic rings. The highest BCUT2D eigenvalue weighted by Crippen LogP contribution is 2.28. The minimum atomic E-state index is -0.589. The first-order valence-electron chi connectivity index (χ1n) is 5.59. The van der Waals surface area contributed by atoms with Gasteiger partial charge in [-0.2, -0.15) is 0 Å². The van der Waals surface area contributed by atoms with Crippen LogP contribution in [-0.4, -0.2) is 5.11 Å². The van der Waals surface area contributed by atoms with Crippen LogP contribution in [-0.2, 0) is 0 Å². The zero-order valence-electron chi connectivity index (χ0n) is 9.94. The van der Waals surface area contributed by atoms with Gasteiger partial charge in [-0.25, -0.2) is 0 Å². The van der Waals surface area contributed by atoms with Gasteiger partial charge in [0.2, 0.25) is 0 Å². The Morgan fingerprint density at radius 1 is 0.941 bits per heavy atom. The van der Waals surface area contributed by atoms with Crippen molar-refractivity contribution < 1.29 is 5.11 Å². The van der Waals surface area contributed by atoms with E-state index in [-0.39, 0.29) is 0 Å². The lowest BCUT2D eigenvalue weighted by Crippen LogP contribution is -2.03. The van der Waals surface area contributed by atoms with Crippen LogP contribution < -0.4 is 0 Å². The molecule has 1 nitrogen and oxygen atoms in total. The summed E-state index contributed by atoms with van der Waals surface area (Å²) in [6.07, 6.45) is -0.589. The van der Waals surface area contributed by atoms with Crippen LogP contribution in [0.1, 0.15) is 28.4 Å². The van der Waals surface area contributed by atoms with Crippen LogP contribution >= 0.6 is 11.6 Å². The minimum Gasteiger partial charge on any atom is -0.384 e. The first-order valence-corrected chi connectivity index (χ1v) is 5.97. The summed E-state index contributed by atoms with van der Waals surface area (Å²) in [5.74, 6) is 0.